The maximum atomic E-state index is 14.6. The molecule has 2 fully saturated rings. The fourth-order valence-electron chi connectivity index (χ4n) is 5.20. The van der Waals surface area contributed by atoms with Gasteiger partial charge in [0.05, 0.1) is 25.9 Å². The van der Waals surface area contributed by atoms with Crippen LogP contribution in [-0.4, -0.2) is 71.2 Å². The predicted octanol–water partition coefficient (Wildman–Crippen LogP) is 2.57. The first-order valence-corrected chi connectivity index (χ1v) is 12.2. The van der Waals surface area contributed by atoms with Crippen LogP contribution in [0.5, 0.6) is 0 Å². The molecule has 0 unspecified atom stereocenters. The molecule has 0 aliphatic carbocycles. The van der Waals surface area contributed by atoms with E-state index in [0.717, 1.165) is 6.07 Å². The highest BCUT2D eigenvalue weighted by atomic mass is 32.1. The molecular weight excluding hydrogens is 494 g/mol. The van der Waals surface area contributed by atoms with Crippen LogP contribution in [0.2, 0.25) is 0 Å². The minimum absolute atomic E-state index is 0.0124. The van der Waals surface area contributed by atoms with Crippen molar-refractivity contribution < 1.29 is 33.0 Å². The van der Waals surface area contributed by atoms with Crippen LogP contribution in [0.15, 0.2) is 40.0 Å². The van der Waals surface area contributed by atoms with Gasteiger partial charge in [-0.15, -0.1) is 11.3 Å². The summed E-state index contributed by atoms with van der Waals surface area (Å²) in [4.78, 5) is 36.3. The number of rotatable bonds is 6. The molecule has 2 bridgehead atoms. The standard InChI is InChI=1S/C24H24F2N4O5S/c1-12-14(3-4-15(25)18(12)26)19-17(22(31)34-2)16(28-20(29-19)21-27-7-8-36-21)9-30-13-5-6-24(30,23(32)33)11-35-10-13/h3-4,7-8,13,19H,5-6,9-11H2,1-2H3,(H,28,29)(H,32,33)/t13-,19+,24+/m1/s1. The van der Waals surface area contributed by atoms with E-state index in [1.807, 2.05) is 4.90 Å². The minimum Gasteiger partial charge on any atom is -0.480 e. The largest absolute Gasteiger partial charge is 0.480 e. The number of fused-ring (bicyclic) bond motifs is 2. The van der Waals surface area contributed by atoms with Gasteiger partial charge in [-0.25, -0.2) is 18.6 Å². The Hall–Kier alpha value is -3.22. The van der Waals surface area contributed by atoms with Gasteiger partial charge < -0.3 is 19.9 Å². The molecule has 0 amide bonds. The number of carbonyl (C=O) groups excluding carboxylic acids is 1. The average Bonchev–Trinajstić information content (AvgIpc) is 3.46. The summed E-state index contributed by atoms with van der Waals surface area (Å²) in [5.41, 5.74) is -0.463. The fourth-order valence-corrected chi connectivity index (χ4v) is 5.78. The molecular formula is C24H24F2N4O5S. The molecule has 9 nitrogen and oxygen atoms in total. The number of ether oxygens (including phenoxy) is 2. The van der Waals surface area contributed by atoms with Crippen molar-refractivity contribution in [3.05, 3.63) is 62.7 Å². The Labute approximate surface area is 209 Å². The van der Waals surface area contributed by atoms with E-state index < -0.39 is 35.2 Å². The SMILES string of the molecule is COC(=O)C1=C(CN2[C@@H]3CC[C@@]2(C(=O)O)COC3)NC(c2nccs2)=N[C@H]1c1ccc(F)c(F)c1C. The Kier molecular flexibility index (Phi) is 6.35. The van der Waals surface area contributed by atoms with Gasteiger partial charge in [0.25, 0.3) is 0 Å². The number of carbonyl (C=O) groups is 2. The van der Waals surface area contributed by atoms with E-state index in [-0.39, 0.29) is 30.3 Å². The smallest absolute Gasteiger partial charge is 0.338 e. The Morgan fingerprint density at radius 2 is 2.19 bits per heavy atom. The van der Waals surface area contributed by atoms with Crippen LogP contribution >= 0.6 is 11.3 Å². The number of methoxy groups -OCH3 is 1. The molecule has 4 heterocycles. The fraction of sp³-hybridized carbons (Fsp3) is 0.417. The minimum atomic E-state index is -1.23. The number of aromatic nitrogens is 1. The van der Waals surface area contributed by atoms with Gasteiger partial charge in [-0.2, -0.15) is 0 Å². The van der Waals surface area contributed by atoms with E-state index in [4.69, 9.17) is 9.47 Å². The lowest BCUT2D eigenvalue weighted by molar-refractivity contribution is -0.161. The highest BCUT2D eigenvalue weighted by molar-refractivity contribution is 7.11. The Morgan fingerprint density at radius 1 is 1.39 bits per heavy atom. The van der Waals surface area contributed by atoms with Crippen molar-refractivity contribution in [2.75, 3.05) is 26.9 Å². The van der Waals surface area contributed by atoms with Crippen molar-refractivity contribution in [1.29, 1.82) is 0 Å². The van der Waals surface area contributed by atoms with E-state index in [1.54, 1.807) is 11.6 Å². The van der Waals surface area contributed by atoms with Gasteiger partial charge >= 0.3 is 11.9 Å². The van der Waals surface area contributed by atoms with Crippen LogP contribution < -0.4 is 5.32 Å². The number of nitrogens with one attached hydrogen (secondary N) is 1. The van der Waals surface area contributed by atoms with Gasteiger partial charge in [0.2, 0.25) is 0 Å². The summed E-state index contributed by atoms with van der Waals surface area (Å²) in [5.74, 6) is -3.40. The van der Waals surface area contributed by atoms with Crippen molar-refractivity contribution in [2.24, 2.45) is 4.99 Å². The number of aliphatic imine (C=N–C) groups is 1. The molecule has 190 valence electrons. The van der Waals surface area contributed by atoms with Crippen LogP contribution in [-0.2, 0) is 19.1 Å². The number of hydrogen-bond acceptors (Lipinski definition) is 9. The lowest BCUT2D eigenvalue weighted by Gasteiger charge is -2.42. The number of esters is 1. The topological polar surface area (TPSA) is 113 Å². The summed E-state index contributed by atoms with van der Waals surface area (Å²) >= 11 is 1.31. The lowest BCUT2D eigenvalue weighted by atomic mass is 9.91. The molecule has 36 heavy (non-hydrogen) atoms. The van der Waals surface area contributed by atoms with Gasteiger partial charge in [-0.1, -0.05) is 6.07 Å². The van der Waals surface area contributed by atoms with Gasteiger partial charge in [0, 0.05) is 29.9 Å². The van der Waals surface area contributed by atoms with Gasteiger partial charge in [-0.3, -0.25) is 14.7 Å². The third kappa shape index (κ3) is 3.89. The molecule has 2 aromatic rings. The van der Waals surface area contributed by atoms with Crippen molar-refractivity contribution in [1.82, 2.24) is 15.2 Å². The monoisotopic (exact) mass is 518 g/mol. The Bertz CT molecular complexity index is 1280. The molecule has 2 saturated heterocycles. The van der Waals surface area contributed by atoms with E-state index in [0.29, 0.717) is 41.6 Å². The van der Waals surface area contributed by atoms with Crippen molar-refractivity contribution in [3.63, 3.8) is 0 Å². The average molecular weight is 519 g/mol. The number of thiazole rings is 1. The molecule has 3 aliphatic rings. The number of amidine groups is 1. The van der Waals surface area contributed by atoms with E-state index in [9.17, 15) is 23.5 Å². The van der Waals surface area contributed by atoms with Crippen molar-refractivity contribution >= 4 is 29.1 Å². The Balaban J connectivity index is 1.66. The van der Waals surface area contributed by atoms with Gasteiger partial charge in [-0.05, 0) is 37.0 Å². The molecule has 1 aromatic heterocycles. The van der Waals surface area contributed by atoms with E-state index >= 15 is 0 Å². The van der Waals surface area contributed by atoms with Crippen LogP contribution in [0.25, 0.3) is 0 Å². The normalized spacial score (nSPS) is 25.9. The number of carboxylic acids is 1. The Morgan fingerprint density at radius 3 is 2.89 bits per heavy atom. The summed E-state index contributed by atoms with van der Waals surface area (Å²) in [7, 11) is 1.22. The second kappa shape index (κ2) is 9.34. The second-order valence-corrected chi connectivity index (χ2v) is 9.87. The molecule has 0 saturated carbocycles. The van der Waals surface area contributed by atoms with E-state index in [1.165, 1.54) is 31.4 Å². The lowest BCUT2D eigenvalue weighted by Crippen LogP contribution is -2.61. The molecule has 12 heteroatoms. The van der Waals surface area contributed by atoms with Crippen molar-refractivity contribution in [2.45, 2.75) is 37.4 Å². The zero-order chi connectivity index (χ0) is 25.6. The molecule has 1 aromatic carbocycles. The van der Waals surface area contributed by atoms with Crippen LogP contribution in [0.4, 0.5) is 8.78 Å². The second-order valence-electron chi connectivity index (χ2n) is 8.97. The number of benzene rings is 1. The molecule has 3 aliphatic heterocycles. The molecule has 3 atom stereocenters. The van der Waals surface area contributed by atoms with Crippen molar-refractivity contribution in [3.8, 4) is 0 Å². The molecule has 5 rings (SSSR count). The summed E-state index contributed by atoms with van der Waals surface area (Å²) in [6.45, 7) is 1.88. The maximum absolute atomic E-state index is 14.6. The molecule has 0 spiro atoms. The number of nitrogens with zero attached hydrogens (tertiary/aromatic N) is 3. The highest BCUT2D eigenvalue weighted by Gasteiger charge is 2.55. The van der Waals surface area contributed by atoms with Gasteiger partial charge in [0.1, 0.15) is 11.6 Å². The third-order valence-corrected chi connectivity index (χ3v) is 7.88. The number of aliphatic carboxylic acids is 1. The van der Waals surface area contributed by atoms with Crippen LogP contribution in [0, 0.1) is 18.6 Å². The first-order chi connectivity index (χ1) is 17.3. The maximum Gasteiger partial charge on any atom is 0.338 e. The molecule has 2 N–H and O–H groups in total. The number of halogens is 2. The quantitative estimate of drug-likeness (QED) is 0.561. The predicted molar refractivity (Wildman–Crippen MR) is 126 cm³/mol. The first kappa shape index (κ1) is 24.5. The number of carboxylic acid groups (broad SMARTS) is 1. The first-order valence-electron chi connectivity index (χ1n) is 11.3. The zero-order valence-electron chi connectivity index (χ0n) is 19.6. The molecule has 0 radical (unpaired) electrons. The van der Waals surface area contributed by atoms with E-state index in [2.05, 4.69) is 15.3 Å². The third-order valence-electron chi connectivity index (χ3n) is 7.10. The van der Waals surface area contributed by atoms with Crippen LogP contribution in [0.3, 0.4) is 0 Å². The van der Waals surface area contributed by atoms with Gasteiger partial charge in [0.15, 0.2) is 22.5 Å². The zero-order valence-corrected chi connectivity index (χ0v) is 20.4. The summed E-state index contributed by atoms with van der Waals surface area (Å²) in [6, 6.07) is 1.20. The van der Waals surface area contributed by atoms with Crippen LogP contribution in [0.1, 0.15) is 35.0 Å². The summed E-state index contributed by atoms with van der Waals surface area (Å²) < 4.78 is 39.2. The summed E-state index contributed by atoms with van der Waals surface area (Å²) in [6.07, 6.45) is 2.64. The highest BCUT2D eigenvalue weighted by Crippen LogP contribution is 2.41. The summed E-state index contributed by atoms with van der Waals surface area (Å²) in [5, 5.41) is 15.6. The number of morpholine rings is 1. The number of hydrogen-bond donors (Lipinski definition) is 2.